The number of methoxy groups -OCH3 is 1. The van der Waals surface area contributed by atoms with E-state index in [2.05, 4.69) is 5.32 Å². The summed E-state index contributed by atoms with van der Waals surface area (Å²) in [6, 6.07) is 6.42. The first kappa shape index (κ1) is 10.5. The number of hydrogen-bond acceptors (Lipinski definition) is 3. The number of nitrogens with one attached hydrogen (secondary N) is 1. The van der Waals surface area contributed by atoms with Gasteiger partial charge in [0.2, 0.25) is 5.91 Å². The van der Waals surface area contributed by atoms with Crippen molar-refractivity contribution >= 4 is 11.6 Å². The van der Waals surface area contributed by atoms with E-state index in [1.165, 1.54) is 6.07 Å². The van der Waals surface area contributed by atoms with E-state index in [1.807, 2.05) is 0 Å². The molecule has 0 heterocycles. The molecule has 76 valence electrons. The van der Waals surface area contributed by atoms with Gasteiger partial charge in [0.25, 0.3) is 0 Å². The molecule has 0 saturated heterocycles. The molecule has 0 unspecified atom stereocenters. The predicted octanol–water partition coefficient (Wildman–Crippen LogP) is 1.37. The van der Waals surface area contributed by atoms with Gasteiger partial charge in [0, 0.05) is 18.9 Å². The zero-order valence-corrected chi connectivity index (χ0v) is 7.99. The third-order valence-electron chi connectivity index (χ3n) is 1.66. The fourth-order valence-corrected chi connectivity index (χ4v) is 1.00. The number of carbonyl (C=O) groups is 1. The van der Waals surface area contributed by atoms with Crippen molar-refractivity contribution in [2.75, 3.05) is 19.0 Å². The highest BCUT2D eigenvalue weighted by atomic mass is 16.5. The number of amides is 1. The molecular weight excluding hydrogens is 182 g/mol. The number of hydrogen-bond donors (Lipinski definition) is 2. The molecule has 0 aliphatic rings. The summed E-state index contributed by atoms with van der Waals surface area (Å²) in [5.41, 5.74) is 0.589. The Morgan fingerprint density at radius 2 is 2.36 bits per heavy atom. The van der Waals surface area contributed by atoms with Crippen LogP contribution in [0.25, 0.3) is 0 Å². The van der Waals surface area contributed by atoms with Gasteiger partial charge in [-0.05, 0) is 12.1 Å². The summed E-state index contributed by atoms with van der Waals surface area (Å²) in [6.45, 7) is 0.394. The minimum Gasteiger partial charge on any atom is -0.508 e. The zero-order valence-electron chi connectivity index (χ0n) is 7.99. The van der Waals surface area contributed by atoms with E-state index in [0.717, 1.165) is 0 Å². The van der Waals surface area contributed by atoms with Crippen LogP contribution in [0.1, 0.15) is 6.42 Å². The first-order valence-corrected chi connectivity index (χ1v) is 4.30. The lowest BCUT2D eigenvalue weighted by Gasteiger charge is -2.04. The number of anilines is 1. The van der Waals surface area contributed by atoms with Gasteiger partial charge in [-0.2, -0.15) is 0 Å². The van der Waals surface area contributed by atoms with Gasteiger partial charge in [-0.1, -0.05) is 6.07 Å². The summed E-state index contributed by atoms with van der Waals surface area (Å²) < 4.78 is 4.76. The fraction of sp³-hybridized carbons (Fsp3) is 0.300. The Balaban J connectivity index is 2.47. The highest BCUT2D eigenvalue weighted by Gasteiger charge is 2.01. The van der Waals surface area contributed by atoms with Crippen molar-refractivity contribution in [3.8, 4) is 5.75 Å². The number of benzene rings is 1. The van der Waals surface area contributed by atoms with Crippen molar-refractivity contribution in [1.82, 2.24) is 0 Å². The summed E-state index contributed by atoms with van der Waals surface area (Å²) in [5, 5.41) is 11.8. The van der Waals surface area contributed by atoms with Crippen LogP contribution in [0.15, 0.2) is 24.3 Å². The second-order valence-electron chi connectivity index (χ2n) is 2.84. The molecule has 0 fully saturated rings. The molecule has 1 amide bonds. The molecule has 0 aliphatic carbocycles. The van der Waals surface area contributed by atoms with Crippen LogP contribution < -0.4 is 5.32 Å². The zero-order chi connectivity index (χ0) is 10.4. The number of ether oxygens (including phenoxy) is 1. The van der Waals surface area contributed by atoms with Crippen LogP contribution in [0, 0.1) is 0 Å². The smallest absolute Gasteiger partial charge is 0.226 e. The van der Waals surface area contributed by atoms with Crippen molar-refractivity contribution in [1.29, 1.82) is 0 Å². The van der Waals surface area contributed by atoms with Gasteiger partial charge in [0.05, 0.1) is 13.0 Å². The van der Waals surface area contributed by atoms with Gasteiger partial charge in [0.15, 0.2) is 0 Å². The van der Waals surface area contributed by atoms with Crippen molar-refractivity contribution in [3.63, 3.8) is 0 Å². The first-order valence-electron chi connectivity index (χ1n) is 4.30. The number of rotatable bonds is 4. The third kappa shape index (κ3) is 3.45. The molecule has 0 aromatic heterocycles. The maximum absolute atomic E-state index is 11.2. The van der Waals surface area contributed by atoms with Crippen LogP contribution in [-0.4, -0.2) is 24.7 Å². The van der Waals surface area contributed by atoms with Crippen LogP contribution in [-0.2, 0) is 9.53 Å². The Kier molecular flexibility index (Phi) is 3.94. The highest BCUT2D eigenvalue weighted by Crippen LogP contribution is 2.15. The summed E-state index contributed by atoms with van der Waals surface area (Å²) in [6.07, 6.45) is 0.312. The molecule has 0 spiro atoms. The van der Waals surface area contributed by atoms with Crippen LogP contribution in [0.5, 0.6) is 5.75 Å². The van der Waals surface area contributed by atoms with Gasteiger partial charge < -0.3 is 15.2 Å². The molecule has 1 rings (SSSR count). The predicted molar refractivity (Wildman–Crippen MR) is 53.2 cm³/mol. The quantitative estimate of drug-likeness (QED) is 0.762. The largest absolute Gasteiger partial charge is 0.508 e. The molecule has 0 bridgehead atoms. The Bertz CT molecular complexity index is 312. The van der Waals surface area contributed by atoms with Crippen molar-refractivity contribution < 1.29 is 14.6 Å². The Hall–Kier alpha value is -1.55. The first-order chi connectivity index (χ1) is 6.72. The Labute approximate surface area is 82.5 Å². The molecule has 1 aromatic carbocycles. The van der Waals surface area contributed by atoms with Gasteiger partial charge in [-0.25, -0.2) is 0 Å². The van der Waals surface area contributed by atoms with Gasteiger partial charge in [-0.15, -0.1) is 0 Å². The number of carbonyl (C=O) groups excluding carboxylic acids is 1. The van der Waals surface area contributed by atoms with Crippen LogP contribution in [0.3, 0.4) is 0 Å². The monoisotopic (exact) mass is 195 g/mol. The molecule has 4 heteroatoms. The number of phenols is 1. The minimum atomic E-state index is -0.127. The topological polar surface area (TPSA) is 58.6 Å². The normalized spacial score (nSPS) is 9.79. The average molecular weight is 195 g/mol. The molecule has 1 aromatic rings. The van der Waals surface area contributed by atoms with E-state index in [0.29, 0.717) is 18.7 Å². The summed E-state index contributed by atoms with van der Waals surface area (Å²) in [7, 11) is 1.54. The van der Waals surface area contributed by atoms with Crippen molar-refractivity contribution in [2.24, 2.45) is 0 Å². The van der Waals surface area contributed by atoms with Crippen LogP contribution in [0.4, 0.5) is 5.69 Å². The molecule has 0 saturated carbocycles. The third-order valence-corrected chi connectivity index (χ3v) is 1.66. The molecule has 14 heavy (non-hydrogen) atoms. The SMILES string of the molecule is COCCC(=O)Nc1cccc(O)c1. The summed E-state index contributed by atoms with van der Waals surface area (Å²) in [4.78, 5) is 11.2. The molecule has 2 N–H and O–H groups in total. The molecule has 0 atom stereocenters. The van der Waals surface area contributed by atoms with Gasteiger partial charge >= 0.3 is 0 Å². The lowest BCUT2D eigenvalue weighted by Crippen LogP contribution is -2.13. The molecule has 0 radical (unpaired) electrons. The maximum atomic E-state index is 11.2. The highest BCUT2D eigenvalue weighted by molar-refractivity contribution is 5.90. The fourth-order valence-electron chi connectivity index (χ4n) is 1.00. The van der Waals surface area contributed by atoms with Gasteiger partial charge in [0.1, 0.15) is 5.75 Å². The second kappa shape index (κ2) is 5.24. The van der Waals surface area contributed by atoms with E-state index in [9.17, 15) is 4.79 Å². The van der Waals surface area contributed by atoms with E-state index in [4.69, 9.17) is 9.84 Å². The minimum absolute atomic E-state index is 0.127. The van der Waals surface area contributed by atoms with Crippen molar-refractivity contribution in [2.45, 2.75) is 6.42 Å². The van der Waals surface area contributed by atoms with E-state index < -0.39 is 0 Å². The maximum Gasteiger partial charge on any atom is 0.226 e. The Morgan fingerprint density at radius 1 is 1.57 bits per heavy atom. The molecular formula is C10H13NO3. The standard InChI is InChI=1S/C10H13NO3/c1-14-6-5-10(13)11-8-3-2-4-9(12)7-8/h2-4,7,12H,5-6H2,1H3,(H,11,13). The van der Waals surface area contributed by atoms with Gasteiger partial charge in [-0.3, -0.25) is 4.79 Å². The number of aromatic hydroxyl groups is 1. The number of phenolic OH excluding ortho intramolecular Hbond substituents is 1. The van der Waals surface area contributed by atoms with Crippen LogP contribution in [0.2, 0.25) is 0 Å². The van der Waals surface area contributed by atoms with Crippen molar-refractivity contribution in [3.05, 3.63) is 24.3 Å². The average Bonchev–Trinajstić information content (AvgIpc) is 2.15. The van der Waals surface area contributed by atoms with Crippen LogP contribution >= 0.6 is 0 Å². The molecule has 0 aliphatic heterocycles. The lowest BCUT2D eigenvalue weighted by molar-refractivity contribution is -0.117. The lowest BCUT2D eigenvalue weighted by atomic mass is 10.3. The summed E-state index contributed by atoms with van der Waals surface area (Å²) >= 11 is 0. The van der Waals surface area contributed by atoms with E-state index in [-0.39, 0.29) is 11.7 Å². The Morgan fingerprint density at radius 3 is 3.00 bits per heavy atom. The summed E-state index contributed by atoms with van der Waals surface area (Å²) in [5.74, 6) is 0.00647. The van der Waals surface area contributed by atoms with E-state index >= 15 is 0 Å². The second-order valence-corrected chi connectivity index (χ2v) is 2.84. The molecule has 4 nitrogen and oxygen atoms in total. The van der Waals surface area contributed by atoms with E-state index in [1.54, 1.807) is 25.3 Å².